The molecule has 0 saturated heterocycles. The lowest BCUT2D eigenvalue weighted by Crippen LogP contribution is -2.28. The van der Waals surface area contributed by atoms with Crippen LogP contribution in [0.4, 0.5) is 5.82 Å². The summed E-state index contributed by atoms with van der Waals surface area (Å²) in [5.41, 5.74) is 1.51. The van der Waals surface area contributed by atoms with E-state index in [1.807, 2.05) is 37.3 Å². The zero-order valence-corrected chi connectivity index (χ0v) is 13.6. The van der Waals surface area contributed by atoms with Gasteiger partial charge in [-0.15, -0.1) is 0 Å². The van der Waals surface area contributed by atoms with E-state index < -0.39 is 5.41 Å². The molecule has 1 amide bonds. The number of ether oxygens (including phenoxy) is 2. The van der Waals surface area contributed by atoms with Crippen molar-refractivity contribution < 1.29 is 14.3 Å². The fourth-order valence-electron chi connectivity index (χ4n) is 2.68. The van der Waals surface area contributed by atoms with Crippen molar-refractivity contribution in [2.75, 3.05) is 19.5 Å². The van der Waals surface area contributed by atoms with Crippen LogP contribution in [0.2, 0.25) is 0 Å². The van der Waals surface area contributed by atoms with Gasteiger partial charge in [0.25, 0.3) is 0 Å². The van der Waals surface area contributed by atoms with Crippen molar-refractivity contribution in [2.45, 2.75) is 25.2 Å². The summed E-state index contributed by atoms with van der Waals surface area (Å²) in [7, 11) is 3.19. The predicted octanol–water partition coefficient (Wildman–Crippen LogP) is 3.08. The number of pyridine rings is 1. The Morgan fingerprint density at radius 3 is 2.43 bits per heavy atom. The van der Waals surface area contributed by atoms with Crippen molar-refractivity contribution >= 4 is 11.7 Å². The van der Waals surface area contributed by atoms with E-state index in [2.05, 4.69) is 10.3 Å². The van der Waals surface area contributed by atoms with Gasteiger partial charge in [0.05, 0.1) is 19.6 Å². The standard InChI is InChI=1S/C18H20N2O3/c1-12-4-7-16(19-11-12)20-17(21)18(8-9-18)13-5-6-14(22-2)15(10-13)23-3/h4-7,10-11H,8-9H2,1-3H3,(H,19,20,21). The Labute approximate surface area is 135 Å². The molecule has 2 aromatic rings. The van der Waals surface area contributed by atoms with Gasteiger partial charge in [0.2, 0.25) is 5.91 Å². The van der Waals surface area contributed by atoms with Crippen molar-refractivity contribution in [1.82, 2.24) is 4.98 Å². The monoisotopic (exact) mass is 312 g/mol. The second kappa shape index (κ2) is 5.91. The molecule has 1 aromatic heterocycles. The van der Waals surface area contributed by atoms with Crippen LogP contribution in [-0.4, -0.2) is 25.1 Å². The molecule has 5 nitrogen and oxygen atoms in total. The fraction of sp³-hybridized carbons (Fsp3) is 0.333. The van der Waals surface area contributed by atoms with Crippen LogP contribution >= 0.6 is 0 Å². The summed E-state index contributed by atoms with van der Waals surface area (Å²) in [4.78, 5) is 17.0. The van der Waals surface area contributed by atoms with Gasteiger partial charge in [-0.1, -0.05) is 12.1 Å². The molecule has 1 saturated carbocycles. The van der Waals surface area contributed by atoms with Crippen molar-refractivity contribution in [1.29, 1.82) is 0 Å². The molecule has 3 rings (SSSR count). The minimum atomic E-state index is -0.494. The molecule has 120 valence electrons. The third-order valence-electron chi connectivity index (χ3n) is 4.27. The number of anilines is 1. The van der Waals surface area contributed by atoms with Crippen LogP contribution in [0.3, 0.4) is 0 Å². The molecule has 1 heterocycles. The number of aromatic nitrogens is 1. The first-order valence-electron chi connectivity index (χ1n) is 7.56. The van der Waals surface area contributed by atoms with Gasteiger partial charge < -0.3 is 14.8 Å². The normalized spacial score (nSPS) is 14.9. The lowest BCUT2D eigenvalue weighted by Gasteiger charge is -2.17. The first kappa shape index (κ1) is 15.3. The number of carbonyl (C=O) groups excluding carboxylic acids is 1. The van der Waals surface area contributed by atoms with E-state index in [0.717, 1.165) is 24.0 Å². The van der Waals surface area contributed by atoms with Crippen LogP contribution in [0.1, 0.15) is 24.0 Å². The number of methoxy groups -OCH3 is 2. The number of amides is 1. The topological polar surface area (TPSA) is 60.5 Å². The molecule has 1 fully saturated rings. The third kappa shape index (κ3) is 2.86. The Kier molecular flexibility index (Phi) is 3.94. The molecule has 5 heteroatoms. The summed E-state index contributed by atoms with van der Waals surface area (Å²) in [6.07, 6.45) is 3.38. The summed E-state index contributed by atoms with van der Waals surface area (Å²) in [6, 6.07) is 9.40. The van der Waals surface area contributed by atoms with Gasteiger partial charge in [-0.05, 0) is 49.1 Å². The van der Waals surface area contributed by atoms with Crippen LogP contribution < -0.4 is 14.8 Å². The molecule has 1 aliphatic carbocycles. The van der Waals surface area contributed by atoms with Gasteiger partial charge >= 0.3 is 0 Å². The first-order chi connectivity index (χ1) is 11.1. The molecule has 0 unspecified atom stereocenters. The van der Waals surface area contributed by atoms with E-state index in [4.69, 9.17) is 9.47 Å². The van der Waals surface area contributed by atoms with E-state index in [1.54, 1.807) is 20.4 Å². The molecular formula is C18H20N2O3. The average Bonchev–Trinajstić information content (AvgIpc) is 3.38. The van der Waals surface area contributed by atoms with Crippen molar-refractivity contribution in [2.24, 2.45) is 0 Å². The molecule has 0 radical (unpaired) electrons. The fourth-order valence-corrected chi connectivity index (χ4v) is 2.68. The van der Waals surface area contributed by atoms with E-state index in [-0.39, 0.29) is 5.91 Å². The number of rotatable bonds is 5. The van der Waals surface area contributed by atoms with Crippen LogP contribution in [0, 0.1) is 6.92 Å². The molecule has 1 aliphatic rings. The summed E-state index contributed by atoms with van der Waals surface area (Å²) < 4.78 is 10.6. The second-order valence-corrected chi connectivity index (χ2v) is 5.83. The third-order valence-corrected chi connectivity index (χ3v) is 4.27. The Balaban J connectivity index is 1.84. The van der Waals surface area contributed by atoms with Gasteiger partial charge in [-0.3, -0.25) is 4.79 Å². The van der Waals surface area contributed by atoms with E-state index >= 15 is 0 Å². The molecule has 23 heavy (non-hydrogen) atoms. The maximum Gasteiger partial charge on any atom is 0.236 e. The number of hydrogen-bond acceptors (Lipinski definition) is 4. The summed E-state index contributed by atoms with van der Waals surface area (Å²) in [6.45, 7) is 1.96. The van der Waals surface area contributed by atoms with Gasteiger partial charge in [-0.2, -0.15) is 0 Å². The van der Waals surface area contributed by atoms with Gasteiger partial charge in [0.1, 0.15) is 5.82 Å². The minimum absolute atomic E-state index is 0.0268. The Morgan fingerprint density at radius 1 is 1.13 bits per heavy atom. The van der Waals surface area contributed by atoms with E-state index in [0.29, 0.717) is 17.3 Å². The van der Waals surface area contributed by atoms with Gasteiger partial charge in [0.15, 0.2) is 11.5 Å². The molecule has 0 bridgehead atoms. The zero-order chi connectivity index (χ0) is 16.4. The van der Waals surface area contributed by atoms with E-state index in [1.165, 1.54) is 0 Å². The minimum Gasteiger partial charge on any atom is -0.493 e. The first-order valence-corrected chi connectivity index (χ1v) is 7.56. The number of nitrogens with zero attached hydrogens (tertiary/aromatic N) is 1. The van der Waals surface area contributed by atoms with Crippen LogP contribution in [0.15, 0.2) is 36.5 Å². The molecule has 1 N–H and O–H groups in total. The second-order valence-electron chi connectivity index (χ2n) is 5.83. The zero-order valence-electron chi connectivity index (χ0n) is 13.6. The number of benzene rings is 1. The van der Waals surface area contributed by atoms with Crippen molar-refractivity contribution in [3.05, 3.63) is 47.7 Å². The highest BCUT2D eigenvalue weighted by Crippen LogP contribution is 2.50. The van der Waals surface area contributed by atoms with Crippen LogP contribution in [0.5, 0.6) is 11.5 Å². The average molecular weight is 312 g/mol. The Morgan fingerprint density at radius 2 is 1.87 bits per heavy atom. The maximum absolute atomic E-state index is 12.7. The van der Waals surface area contributed by atoms with Gasteiger partial charge in [0, 0.05) is 6.20 Å². The largest absolute Gasteiger partial charge is 0.493 e. The van der Waals surface area contributed by atoms with Gasteiger partial charge in [-0.25, -0.2) is 4.98 Å². The quantitative estimate of drug-likeness (QED) is 0.921. The molecular weight excluding hydrogens is 292 g/mol. The lowest BCUT2D eigenvalue weighted by molar-refractivity contribution is -0.118. The van der Waals surface area contributed by atoms with Crippen LogP contribution in [-0.2, 0) is 10.2 Å². The maximum atomic E-state index is 12.7. The summed E-state index contributed by atoms with van der Waals surface area (Å²) >= 11 is 0. The Hall–Kier alpha value is -2.56. The SMILES string of the molecule is COc1ccc(C2(C(=O)Nc3ccc(C)cn3)CC2)cc1OC. The summed E-state index contributed by atoms with van der Waals surface area (Å²) in [5.74, 6) is 1.85. The molecule has 0 atom stereocenters. The lowest BCUT2D eigenvalue weighted by atomic mass is 9.94. The predicted molar refractivity (Wildman–Crippen MR) is 88.1 cm³/mol. The smallest absolute Gasteiger partial charge is 0.236 e. The molecule has 0 spiro atoms. The highest BCUT2D eigenvalue weighted by atomic mass is 16.5. The summed E-state index contributed by atoms with van der Waals surface area (Å²) in [5, 5.41) is 2.91. The Bertz CT molecular complexity index is 722. The van der Waals surface area contributed by atoms with E-state index in [9.17, 15) is 4.79 Å². The van der Waals surface area contributed by atoms with Crippen molar-refractivity contribution in [3.63, 3.8) is 0 Å². The molecule has 0 aliphatic heterocycles. The van der Waals surface area contributed by atoms with Crippen LogP contribution in [0.25, 0.3) is 0 Å². The number of hydrogen-bond donors (Lipinski definition) is 1. The number of aryl methyl sites for hydroxylation is 1. The number of nitrogens with one attached hydrogen (secondary N) is 1. The van der Waals surface area contributed by atoms with Crippen molar-refractivity contribution in [3.8, 4) is 11.5 Å². The highest BCUT2D eigenvalue weighted by Gasteiger charge is 2.51. The highest BCUT2D eigenvalue weighted by molar-refractivity contribution is 6.01. The number of carbonyl (C=O) groups is 1. The molecule has 1 aromatic carbocycles.